The molecule has 1 atom stereocenters. The minimum absolute atomic E-state index is 0.0283. The minimum Gasteiger partial charge on any atom is -0.348 e. The smallest absolute Gasteiger partial charge is 0.242 e. The number of hydrogen-bond acceptors (Lipinski definition) is 7. The van der Waals surface area contributed by atoms with Gasteiger partial charge in [-0.2, -0.15) is 5.10 Å². The molecule has 3 heterocycles. The number of aryl methyl sites for hydroxylation is 2. The van der Waals surface area contributed by atoms with Gasteiger partial charge in [0, 0.05) is 37.1 Å². The molecule has 0 fully saturated rings. The number of fused-ring (bicyclic) bond motifs is 2. The van der Waals surface area contributed by atoms with Gasteiger partial charge in [-0.3, -0.25) is 9.48 Å². The maximum atomic E-state index is 12.9. The molecule has 10 nitrogen and oxygen atoms in total. The number of aromatic nitrogens is 5. The highest BCUT2D eigenvalue weighted by Crippen LogP contribution is 2.34. The fourth-order valence-corrected chi connectivity index (χ4v) is 4.97. The summed E-state index contributed by atoms with van der Waals surface area (Å²) in [7, 11) is 1.88. The van der Waals surface area contributed by atoms with Crippen LogP contribution in [0.15, 0.2) is 53.0 Å². The summed E-state index contributed by atoms with van der Waals surface area (Å²) in [5, 5.41) is 10.9. The molecule has 0 radical (unpaired) electrons. The number of carbonyl (C=O) groups is 1. The maximum Gasteiger partial charge on any atom is 0.242 e. The second-order valence-corrected chi connectivity index (χ2v) is 10.9. The Bertz CT molecular complexity index is 1540. The molecule has 1 amide bonds. The van der Waals surface area contributed by atoms with Crippen LogP contribution < -0.4 is 5.32 Å². The molecule has 0 spiro atoms. The predicted molar refractivity (Wildman–Crippen MR) is 152 cm³/mol. The zero-order valence-corrected chi connectivity index (χ0v) is 22.9. The van der Waals surface area contributed by atoms with Gasteiger partial charge in [0.05, 0.1) is 17.8 Å². The number of amides is 1. The summed E-state index contributed by atoms with van der Waals surface area (Å²) in [5.74, 6) is 0.969. The number of H-pyrrole nitrogens is 1. The number of nitrogens with zero attached hydrogens (tertiary/aromatic N) is 6. The molecule has 1 aliphatic carbocycles. The second kappa shape index (κ2) is 10.8. The van der Waals surface area contributed by atoms with E-state index in [2.05, 4.69) is 55.4 Å². The monoisotopic (exact) mass is 526 g/mol. The number of aliphatic imine (C=N–C) groups is 1. The number of pyridine rings is 1. The van der Waals surface area contributed by atoms with Crippen LogP contribution in [0.3, 0.4) is 0 Å². The first kappa shape index (κ1) is 26.3. The fraction of sp³-hybridized carbons (Fsp3) is 0.379. The van der Waals surface area contributed by atoms with E-state index in [0.717, 1.165) is 64.9 Å². The highest BCUT2D eigenvalue weighted by atomic mass is 16.6. The average molecular weight is 527 g/mol. The molecule has 1 aromatic carbocycles. The van der Waals surface area contributed by atoms with Crippen molar-refractivity contribution in [3.05, 3.63) is 54.0 Å². The molecule has 0 unspecified atom stereocenters. The SMILES string of the molecule is C=NO/C(=N\CC(=O)N[C@H]1CCCCc2cc(-c3ccnc4[nH]c(-c5cnn(C)c5)nc34)ccc21)C(C)(C)C. The number of benzene rings is 1. The van der Waals surface area contributed by atoms with Crippen LogP contribution in [0.5, 0.6) is 0 Å². The van der Waals surface area contributed by atoms with Gasteiger partial charge in [0.1, 0.15) is 17.9 Å². The van der Waals surface area contributed by atoms with E-state index in [1.807, 2.05) is 40.1 Å². The summed E-state index contributed by atoms with van der Waals surface area (Å²) < 4.78 is 1.75. The largest absolute Gasteiger partial charge is 0.348 e. The second-order valence-electron chi connectivity index (χ2n) is 10.9. The Hall–Kier alpha value is -4.34. The zero-order valence-electron chi connectivity index (χ0n) is 22.9. The maximum absolute atomic E-state index is 12.9. The lowest BCUT2D eigenvalue weighted by Crippen LogP contribution is -2.32. The first-order valence-electron chi connectivity index (χ1n) is 13.2. The number of nitrogens with one attached hydrogen (secondary N) is 2. The highest BCUT2D eigenvalue weighted by molar-refractivity contribution is 5.91. The Kier molecular flexibility index (Phi) is 7.28. The standard InChI is InChI=1S/C29H34N8O2/c1-29(2,3)28(39-30-4)32-16-24(38)34-23-9-7-6-8-18-14-19(10-11-21(18)23)22-12-13-31-27-25(22)35-26(36-27)20-15-33-37(5)17-20/h10-15,17,23H,4,6-9,16H2,1-3,5H3,(H,34,38)(H,31,35,36)/b32-28-/t23-/m0/s1. The summed E-state index contributed by atoms with van der Waals surface area (Å²) in [6.45, 7) is 9.19. The van der Waals surface area contributed by atoms with Crippen LogP contribution in [0.1, 0.15) is 57.2 Å². The van der Waals surface area contributed by atoms with E-state index in [4.69, 9.17) is 9.82 Å². The topological polar surface area (TPSA) is 122 Å². The summed E-state index contributed by atoms with van der Waals surface area (Å²) in [4.78, 5) is 35.1. The molecule has 0 aliphatic heterocycles. The van der Waals surface area contributed by atoms with Crippen LogP contribution in [-0.2, 0) is 23.1 Å². The molecule has 3 aromatic heterocycles. The normalized spacial score (nSPS) is 16.0. The number of carbonyl (C=O) groups excluding carboxylic acids is 1. The van der Waals surface area contributed by atoms with Crippen molar-refractivity contribution < 1.29 is 9.63 Å². The van der Waals surface area contributed by atoms with Gasteiger partial charge in [0.15, 0.2) is 5.65 Å². The van der Waals surface area contributed by atoms with Gasteiger partial charge in [-0.15, -0.1) is 0 Å². The third-order valence-corrected chi connectivity index (χ3v) is 6.88. The predicted octanol–water partition coefficient (Wildman–Crippen LogP) is 4.99. The number of rotatable bonds is 6. The van der Waals surface area contributed by atoms with E-state index >= 15 is 0 Å². The molecule has 39 heavy (non-hydrogen) atoms. The first-order valence-corrected chi connectivity index (χ1v) is 13.2. The van der Waals surface area contributed by atoms with Crippen molar-refractivity contribution in [2.75, 3.05) is 6.54 Å². The Morgan fingerprint density at radius 2 is 2.10 bits per heavy atom. The molecule has 0 saturated heterocycles. The average Bonchev–Trinajstić information content (AvgIpc) is 3.48. The Balaban J connectivity index is 1.40. The zero-order chi connectivity index (χ0) is 27.6. The Morgan fingerprint density at radius 3 is 2.85 bits per heavy atom. The van der Waals surface area contributed by atoms with Crippen LogP contribution in [-0.4, -0.2) is 49.8 Å². The minimum atomic E-state index is -0.377. The molecule has 1 aliphatic rings. The van der Waals surface area contributed by atoms with Crippen molar-refractivity contribution in [1.82, 2.24) is 30.0 Å². The Labute approximate surface area is 227 Å². The molecular weight excluding hydrogens is 492 g/mol. The van der Waals surface area contributed by atoms with Crippen molar-refractivity contribution in [3.63, 3.8) is 0 Å². The van der Waals surface area contributed by atoms with Gasteiger partial charge in [0.2, 0.25) is 11.8 Å². The van der Waals surface area contributed by atoms with Gasteiger partial charge in [-0.1, -0.05) is 50.5 Å². The lowest BCUT2D eigenvalue weighted by molar-refractivity contribution is -0.120. The summed E-state index contributed by atoms with van der Waals surface area (Å²) >= 11 is 0. The lowest BCUT2D eigenvalue weighted by Gasteiger charge is -2.21. The molecule has 4 aromatic rings. The van der Waals surface area contributed by atoms with Crippen LogP contribution in [0, 0.1) is 5.41 Å². The molecule has 10 heteroatoms. The van der Waals surface area contributed by atoms with E-state index < -0.39 is 0 Å². The van der Waals surface area contributed by atoms with Gasteiger partial charge in [0.25, 0.3) is 0 Å². The van der Waals surface area contributed by atoms with Gasteiger partial charge >= 0.3 is 0 Å². The molecule has 5 rings (SSSR count). The van der Waals surface area contributed by atoms with E-state index in [-0.39, 0.29) is 23.9 Å². The number of imidazole rings is 1. The highest BCUT2D eigenvalue weighted by Gasteiger charge is 2.24. The van der Waals surface area contributed by atoms with Crippen molar-refractivity contribution in [2.45, 2.75) is 52.5 Å². The van der Waals surface area contributed by atoms with E-state index in [0.29, 0.717) is 5.90 Å². The van der Waals surface area contributed by atoms with Gasteiger partial charge in [-0.05, 0) is 42.0 Å². The Morgan fingerprint density at radius 1 is 1.26 bits per heavy atom. The van der Waals surface area contributed by atoms with Crippen molar-refractivity contribution >= 4 is 29.7 Å². The van der Waals surface area contributed by atoms with E-state index in [1.54, 1.807) is 17.1 Å². The van der Waals surface area contributed by atoms with Gasteiger partial charge in [-0.25, -0.2) is 15.0 Å². The number of aromatic amines is 1. The molecular formula is C29H34N8O2. The first-order chi connectivity index (χ1) is 18.7. The van der Waals surface area contributed by atoms with Crippen LogP contribution >= 0.6 is 0 Å². The molecule has 0 saturated carbocycles. The van der Waals surface area contributed by atoms with Crippen LogP contribution in [0.4, 0.5) is 0 Å². The summed E-state index contributed by atoms with van der Waals surface area (Å²) in [5.41, 5.74) is 6.56. The third-order valence-electron chi connectivity index (χ3n) is 6.88. The fourth-order valence-electron chi connectivity index (χ4n) is 4.97. The van der Waals surface area contributed by atoms with Crippen molar-refractivity contribution in [1.29, 1.82) is 0 Å². The molecule has 0 bridgehead atoms. The van der Waals surface area contributed by atoms with E-state index in [1.165, 1.54) is 5.56 Å². The van der Waals surface area contributed by atoms with Gasteiger partial charge < -0.3 is 15.1 Å². The number of hydrogen-bond donors (Lipinski definition) is 2. The third kappa shape index (κ3) is 5.74. The summed E-state index contributed by atoms with van der Waals surface area (Å²) in [6.07, 6.45) is 9.44. The molecule has 202 valence electrons. The van der Waals surface area contributed by atoms with Crippen molar-refractivity contribution in [2.24, 2.45) is 22.6 Å². The van der Waals surface area contributed by atoms with Crippen LogP contribution in [0.25, 0.3) is 33.7 Å². The molecule has 2 N–H and O–H groups in total. The van der Waals surface area contributed by atoms with E-state index in [9.17, 15) is 4.79 Å². The van der Waals surface area contributed by atoms with Crippen LogP contribution in [0.2, 0.25) is 0 Å². The summed E-state index contributed by atoms with van der Waals surface area (Å²) in [6, 6.07) is 8.40. The lowest BCUT2D eigenvalue weighted by atomic mass is 9.94. The van der Waals surface area contributed by atoms with Crippen molar-refractivity contribution in [3.8, 4) is 22.5 Å². The number of oxime groups is 1. The quantitative estimate of drug-likeness (QED) is 0.159.